The molecule has 2 heterocycles. The maximum absolute atomic E-state index is 11.3. The molecule has 0 aromatic heterocycles. The van der Waals surface area contributed by atoms with Crippen molar-refractivity contribution >= 4 is 23.1 Å². The van der Waals surface area contributed by atoms with Gasteiger partial charge in [-0.05, 0) is 67.7 Å². The quantitative estimate of drug-likeness (QED) is 0.585. The fourth-order valence-electron chi connectivity index (χ4n) is 4.67. The first kappa shape index (κ1) is 18.4. The standard InChI is InChI=1S/C24H21N3O3/c1-14-11-17(8-10-20(14)25-2)27-23(15-5-3-4-6-15)19-13-30-21-12-16(24(28)29)7-9-18(21)22(19)26-27/h5,7-12,19,23H,3-4,6,13H2,1H3,(H,28,29). The maximum atomic E-state index is 11.3. The van der Waals surface area contributed by atoms with Gasteiger partial charge in [-0.25, -0.2) is 9.64 Å². The number of nitrogens with zero attached hydrogens (tertiary/aromatic N) is 3. The zero-order chi connectivity index (χ0) is 20.8. The van der Waals surface area contributed by atoms with Crippen molar-refractivity contribution in [3.8, 4) is 5.75 Å². The molecule has 0 radical (unpaired) electrons. The maximum Gasteiger partial charge on any atom is 0.335 e. The second-order valence-corrected chi connectivity index (χ2v) is 7.96. The smallest absolute Gasteiger partial charge is 0.335 e. The summed E-state index contributed by atoms with van der Waals surface area (Å²) in [7, 11) is 0. The zero-order valence-corrected chi connectivity index (χ0v) is 16.6. The lowest BCUT2D eigenvalue weighted by Gasteiger charge is -2.31. The van der Waals surface area contributed by atoms with Gasteiger partial charge < -0.3 is 9.84 Å². The summed E-state index contributed by atoms with van der Waals surface area (Å²) in [4.78, 5) is 14.9. The molecule has 1 aliphatic carbocycles. The van der Waals surface area contributed by atoms with Crippen LogP contribution in [0.15, 0.2) is 53.1 Å². The number of aromatic carboxylic acids is 1. The van der Waals surface area contributed by atoms with E-state index < -0.39 is 5.97 Å². The summed E-state index contributed by atoms with van der Waals surface area (Å²) in [5.41, 5.74) is 5.93. The Hall–Kier alpha value is -3.59. The van der Waals surface area contributed by atoms with Gasteiger partial charge in [0.25, 0.3) is 0 Å². The Morgan fingerprint density at radius 1 is 1.30 bits per heavy atom. The number of carboxylic acids is 1. The van der Waals surface area contributed by atoms with Crippen molar-refractivity contribution in [1.29, 1.82) is 0 Å². The first-order valence-electron chi connectivity index (χ1n) is 10.1. The highest BCUT2D eigenvalue weighted by Crippen LogP contribution is 2.43. The normalized spacial score (nSPS) is 21.8. The van der Waals surface area contributed by atoms with Crippen LogP contribution in [0.1, 0.15) is 40.7 Å². The van der Waals surface area contributed by atoms with E-state index in [9.17, 15) is 9.90 Å². The lowest BCUT2D eigenvalue weighted by atomic mass is 9.85. The van der Waals surface area contributed by atoms with E-state index >= 15 is 0 Å². The van der Waals surface area contributed by atoms with Gasteiger partial charge in [-0.3, -0.25) is 5.01 Å². The van der Waals surface area contributed by atoms with E-state index in [0.717, 1.165) is 41.8 Å². The number of fused-ring (bicyclic) bond motifs is 3. The molecule has 0 fully saturated rings. The predicted molar refractivity (Wildman–Crippen MR) is 115 cm³/mol. The molecule has 1 N–H and O–H groups in total. The molecule has 2 unspecified atom stereocenters. The summed E-state index contributed by atoms with van der Waals surface area (Å²) < 4.78 is 6.02. The third kappa shape index (κ3) is 2.86. The van der Waals surface area contributed by atoms with E-state index in [0.29, 0.717) is 18.0 Å². The number of allylic oxidation sites excluding steroid dienone is 1. The third-order valence-corrected chi connectivity index (χ3v) is 6.16. The summed E-state index contributed by atoms with van der Waals surface area (Å²) in [6.45, 7) is 9.73. The SMILES string of the molecule is [C-]#[N+]c1ccc(N2N=C3c4ccc(C(=O)O)cc4OCC3C2C2=CCCC2)cc1C. The number of anilines is 1. The van der Waals surface area contributed by atoms with Gasteiger partial charge in [-0.15, -0.1) is 0 Å². The van der Waals surface area contributed by atoms with Crippen LogP contribution in [0, 0.1) is 19.4 Å². The molecule has 0 saturated carbocycles. The van der Waals surface area contributed by atoms with E-state index in [4.69, 9.17) is 16.4 Å². The largest absolute Gasteiger partial charge is 0.492 e. The van der Waals surface area contributed by atoms with Crippen LogP contribution in [0.25, 0.3) is 4.85 Å². The summed E-state index contributed by atoms with van der Waals surface area (Å²) >= 11 is 0. The highest BCUT2D eigenvalue weighted by Gasteiger charge is 2.44. The number of hydrazone groups is 1. The minimum atomic E-state index is -0.970. The van der Waals surface area contributed by atoms with E-state index in [1.54, 1.807) is 18.2 Å². The minimum Gasteiger partial charge on any atom is -0.492 e. The Morgan fingerprint density at radius 3 is 2.87 bits per heavy atom. The molecule has 2 aromatic carbocycles. The fraction of sp³-hybridized carbons (Fsp3) is 0.292. The summed E-state index contributed by atoms with van der Waals surface area (Å²) in [6.07, 6.45) is 5.59. The van der Waals surface area contributed by atoms with E-state index in [1.807, 2.05) is 25.1 Å². The first-order valence-corrected chi connectivity index (χ1v) is 10.1. The van der Waals surface area contributed by atoms with Crippen LogP contribution in [0.2, 0.25) is 0 Å². The number of rotatable bonds is 3. The summed E-state index contributed by atoms with van der Waals surface area (Å²) in [5, 5.41) is 16.4. The molecule has 30 heavy (non-hydrogen) atoms. The molecule has 2 aliphatic heterocycles. The average Bonchev–Trinajstić information content (AvgIpc) is 3.40. The van der Waals surface area contributed by atoms with Gasteiger partial charge >= 0.3 is 5.97 Å². The van der Waals surface area contributed by atoms with Crippen molar-refractivity contribution in [2.75, 3.05) is 11.6 Å². The predicted octanol–water partition coefficient (Wildman–Crippen LogP) is 4.96. The van der Waals surface area contributed by atoms with Crippen LogP contribution in [-0.2, 0) is 0 Å². The first-order chi connectivity index (χ1) is 14.6. The van der Waals surface area contributed by atoms with Gasteiger partial charge in [0.1, 0.15) is 5.75 Å². The van der Waals surface area contributed by atoms with E-state index in [2.05, 4.69) is 15.9 Å². The third-order valence-electron chi connectivity index (χ3n) is 6.16. The summed E-state index contributed by atoms with van der Waals surface area (Å²) in [5.74, 6) is -0.313. The van der Waals surface area contributed by atoms with Gasteiger partial charge in [-0.1, -0.05) is 12.1 Å². The van der Waals surface area contributed by atoms with Gasteiger partial charge in [0.2, 0.25) is 0 Å². The molecular formula is C24H21N3O3. The Balaban J connectivity index is 1.61. The number of benzene rings is 2. The lowest BCUT2D eigenvalue weighted by Crippen LogP contribution is -2.40. The van der Waals surface area contributed by atoms with Crippen molar-refractivity contribution in [3.63, 3.8) is 0 Å². The molecule has 6 heteroatoms. The number of carboxylic acid groups (broad SMARTS) is 1. The van der Waals surface area contributed by atoms with Crippen LogP contribution in [0.4, 0.5) is 11.4 Å². The molecule has 0 saturated heterocycles. The molecular weight excluding hydrogens is 378 g/mol. The Bertz CT molecular complexity index is 1160. The molecule has 0 amide bonds. The molecule has 6 nitrogen and oxygen atoms in total. The van der Waals surface area contributed by atoms with Crippen molar-refractivity contribution in [2.45, 2.75) is 32.2 Å². The molecule has 3 aliphatic rings. The highest BCUT2D eigenvalue weighted by atomic mass is 16.5. The number of carbonyl (C=O) groups is 1. The molecule has 2 atom stereocenters. The van der Waals surface area contributed by atoms with Crippen molar-refractivity contribution in [2.24, 2.45) is 11.0 Å². The summed E-state index contributed by atoms with van der Waals surface area (Å²) in [6, 6.07) is 10.9. The van der Waals surface area contributed by atoms with Crippen LogP contribution in [0.5, 0.6) is 5.75 Å². The number of aryl methyl sites for hydroxylation is 1. The topological polar surface area (TPSA) is 66.5 Å². The molecule has 0 spiro atoms. The van der Waals surface area contributed by atoms with Gasteiger partial charge in [0, 0.05) is 5.56 Å². The van der Waals surface area contributed by atoms with Crippen molar-refractivity contribution in [3.05, 3.63) is 76.2 Å². The highest BCUT2D eigenvalue weighted by molar-refractivity contribution is 6.09. The van der Waals surface area contributed by atoms with Gasteiger partial charge in [0.05, 0.1) is 42.1 Å². The lowest BCUT2D eigenvalue weighted by molar-refractivity contribution is 0.0696. The fourth-order valence-corrected chi connectivity index (χ4v) is 4.67. The monoisotopic (exact) mass is 399 g/mol. The van der Waals surface area contributed by atoms with Crippen LogP contribution < -0.4 is 9.75 Å². The number of hydrogen-bond acceptors (Lipinski definition) is 4. The van der Waals surface area contributed by atoms with E-state index in [-0.39, 0.29) is 17.5 Å². The number of hydrogen-bond donors (Lipinski definition) is 1. The minimum absolute atomic E-state index is 0.0768. The zero-order valence-electron chi connectivity index (χ0n) is 16.6. The molecule has 0 bridgehead atoms. The van der Waals surface area contributed by atoms with Gasteiger partial charge in [0.15, 0.2) is 5.69 Å². The average molecular weight is 399 g/mol. The van der Waals surface area contributed by atoms with Crippen LogP contribution in [0.3, 0.4) is 0 Å². The van der Waals surface area contributed by atoms with Crippen LogP contribution in [-0.4, -0.2) is 29.4 Å². The second-order valence-electron chi connectivity index (χ2n) is 7.96. The van der Waals surface area contributed by atoms with E-state index in [1.165, 1.54) is 5.57 Å². The molecule has 2 aromatic rings. The Labute approximate surface area is 174 Å². The molecule has 150 valence electrons. The van der Waals surface area contributed by atoms with Crippen LogP contribution >= 0.6 is 0 Å². The number of ether oxygens (including phenoxy) is 1. The Kier molecular flexibility index (Phi) is 4.32. The van der Waals surface area contributed by atoms with Gasteiger partial charge in [-0.2, -0.15) is 5.10 Å². The van der Waals surface area contributed by atoms with Crippen molar-refractivity contribution < 1.29 is 14.6 Å². The Morgan fingerprint density at radius 2 is 2.17 bits per heavy atom. The molecule has 5 rings (SSSR count). The second kappa shape index (κ2) is 7.03. The van der Waals surface area contributed by atoms with Crippen molar-refractivity contribution in [1.82, 2.24) is 0 Å².